The standard InChI is InChI=1S/C9H12N4O/c1-3-8-7(6-13(2)12-8)9(14)11-5-4-10/h6H,3,5H2,1-2H3,(H,11,14). The molecule has 1 N–H and O–H groups in total. The van der Waals surface area contributed by atoms with Crippen LogP contribution in [0.2, 0.25) is 0 Å². The maximum Gasteiger partial charge on any atom is 0.255 e. The topological polar surface area (TPSA) is 70.7 Å². The van der Waals surface area contributed by atoms with Crippen molar-refractivity contribution >= 4 is 5.91 Å². The Labute approximate surface area is 82.3 Å². The van der Waals surface area contributed by atoms with Crippen molar-refractivity contribution in [2.45, 2.75) is 13.3 Å². The number of carbonyl (C=O) groups excluding carboxylic acids is 1. The van der Waals surface area contributed by atoms with Crippen molar-refractivity contribution in [1.29, 1.82) is 5.26 Å². The number of carbonyl (C=O) groups is 1. The first-order valence-electron chi connectivity index (χ1n) is 4.36. The molecule has 0 spiro atoms. The van der Waals surface area contributed by atoms with Gasteiger partial charge in [0, 0.05) is 13.2 Å². The average Bonchev–Trinajstić information content (AvgIpc) is 2.56. The van der Waals surface area contributed by atoms with Crippen molar-refractivity contribution in [3.63, 3.8) is 0 Å². The molecule has 1 heterocycles. The summed E-state index contributed by atoms with van der Waals surface area (Å²) in [6, 6.07) is 1.85. The molecule has 1 aromatic rings. The first-order chi connectivity index (χ1) is 6.69. The van der Waals surface area contributed by atoms with Gasteiger partial charge in [0.15, 0.2) is 0 Å². The molecule has 0 saturated heterocycles. The summed E-state index contributed by atoms with van der Waals surface area (Å²) in [4.78, 5) is 11.5. The molecule has 1 rings (SSSR count). The summed E-state index contributed by atoms with van der Waals surface area (Å²) >= 11 is 0. The van der Waals surface area contributed by atoms with Gasteiger partial charge in [-0.2, -0.15) is 10.4 Å². The van der Waals surface area contributed by atoms with E-state index in [4.69, 9.17) is 5.26 Å². The van der Waals surface area contributed by atoms with E-state index >= 15 is 0 Å². The van der Waals surface area contributed by atoms with E-state index in [0.717, 1.165) is 5.69 Å². The second kappa shape index (κ2) is 4.42. The predicted molar refractivity (Wildman–Crippen MR) is 50.5 cm³/mol. The van der Waals surface area contributed by atoms with E-state index in [-0.39, 0.29) is 12.5 Å². The Balaban J connectivity index is 2.84. The smallest absolute Gasteiger partial charge is 0.255 e. The molecule has 0 saturated carbocycles. The third-order valence-electron chi connectivity index (χ3n) is 1.81. The molecule has 0 fully saturated rings. The molecule has 14 heavy (non-hydrogen) atoms. The molecule has 0 aliphatic carbocycles. The van der Waals surface area contributed by atoms with Crippen LogP contribution < -0.4 is 5.32 Å². The molecule has 5 nitrogen and oxygen atoms in total. The molecular weight excluding hydrogens is 180 g/mol. The zero-order chi connectivity index (χ0) is 10.6. The maximum atomic E-state index is 11.5. The van der Waals surface area contributed by atoms with Crippen LogP contribution in [0.15, 0.2) is 6.20 Å². The van der Waals surface area contributed by atoms with Crippen LogP contribution in [0, 0.1) is 11.3 Å². The maximum absolute atomic E-state index is 11.5. The SMILES string of the molecule is CCc1nn(C)cc1C(=O)NCC#N. The molecule has 1 aromatic heterocycles. The summed E-state index contributed by atoms with van der Waals surface area (Å²) in [6.45, 7) is 1.96. The second-order valence-corrected chi connectivity index (χ2v) is 2.86. The molecule has 5 heteroatoms. The van der Waals surface area contributed by atoms with Crippen LogP contribution in [-0.2, 0) is 13.5 Å². The number of nitriles is 1. The average molecular weight is 192 g/mol. The summed E-state index contributed by atoms with van der Waals surface area (Å²) < 4.78 is 1.60. The van der Waals surface area contributed by atoms with E-state index in [1.165, 1.54) is 0 Å². The number of nitrogens with one attached hydrogen (secondary N) is 1. The van der Waals surface area contributed by atoms with Crippen LogP contribution in [0.25, 0.3) is 0 Å². The van der Waals surface area contributed by atoms with Crippen molar-refractivity contribution in [3.05, 3.63) is 17.5 Å². The van der Waals surface area contributed by atoms with Crippen molar-refractivity contribution in [1.82, 2.24) is 15.1 Å². The van der Waals surface area contributed by atoms with Gasteiger partial charge in [0.1, 0.15) is 6.54 Å². The predicted octanol–water partition coefficient (Wildman–Crippen LogP) is 0.236. The lowest BCUT2D eigenvalue weighted by Gasteiger charge is -1.98. The van der Waals surface area contributed by atoms with E-state index in [1.54, 1.807) is 17.9 Å². The third-order valence-corrected chi connectivity index (χ3v) is 1.81. The first kappa shape index (κ1) is 10.3. The normalized spacial score (nSPS) is 9.50. The van der Waals surface area contributed by atoms with Crippen molar-refractivity contribution < 1.29 is 4.79 Å². The Morgan fingerprint density at radius 2 is 2.50 bits per heavy atom. The minimum Gasteiger partial charge on any atom is -0.339 e. The minimum absolute atomic E-state index is 0.0247. The van der Waals surface area contributed by atoms with Crippen LogP contribution in [0.5, 0.6) is 0 Å². The van der Waals surface area contributed by atoms with Gasteiger partial charge in [0.2, 0.25) is 0 Å². The highest BCUT2D eigenvalue weighted by Gasteiger charge is 2.13. The van der Waals surface area contributed by atoms with Crippen molar-refractivity contribution in [3.8, 4) is 6.07 Å². The zero-order valence-electron chi connectivity index (χ0n) is 8.24. The van der Waals surface area contributed by atoms with E-state index < -0.39 is 0 Å². The Hall–Kier alpha value is -1.83. The molecule has 0 aliphatic heterocycles. The van der Waals surface area contributed by atoms with E-state index in [9.17, 15) is 4.79 Å². The van der Waals surface area contributed by atoms with Gasteiger partial charge in [-0.1, -0.05) is 6.92 Å². The van der Waals surface area contributed by atoms with Gasteiger partial charge in [-0.15, -0.1) is 0 Å². The van der Waals surface area contributed by atoms with E-state index in [1.807, 2.05) is 13.0 Å². The first-order valence-corrected chi connectivity index (χ1v) is 4.36. The lowest BCUT2D eigenvalue weighted by Crippen LogP contribution is -2.24. The van der Waals surface area contributed by atoms with Gasteiger partial charge < -0.3 is 5.32 Å². The van der Waals surface area contributed by atoms with E-state index in [2.05, 4.69) is 10.4 Å². The molecular formula is C9H12N4O. The van der Waals surface area contributed by atoms with Crippen LogP contribution in [0.1, 0.15) is 23.0 Å². The fraction of sp³-hybridized carbons (Fsp3) is 0.444. The van der Waals surface area contributed by atoms with E-state index in [0.29, 0.717) is 12.0 Å². The van der Waals surface area contributed by atoms with Crippen LogP contribution in [0.3, 0.4) is 0 Å². The number of amides is 1. The molecule has 1 amide bonds. The van der Waals surface area contributed by atoms with Gasteiger partial charge in [-0.3, -0.25) is 9.48 Å². The van der Waals surface area contributed by atoms with Gasteiger partial charge >= 0.3 is 0 Å². The number of nitrogens with zero attached hydrogens (tertiary/aromatic N) is 3. The number of aryl methyl sites for hydroxylation is 2. The monoisotopic (exact) mass is 192 g/mol. The third kappa shape index (κ3) is 2.10. The summed E-state index contributed by atoms with van der Waals surface area (Å²) in [5.74, 6) is -0.239. The second-order valence-electron chi connectivity index (χ2n) is 2.86. The number of hydrogen-bond acceptors (Lipinski definition) is 3. The van der Waals surface area contributed by atoms with Crippen LogP contribution >= 0.6 is 0 Å². The highest BCUT2D eigenvalue weighted by atomic mass is 16.1. The quantitative estimate of drug-likeness (QED) is 0.697. The van der Waals surface area contributed by atoms with Crippen molar-refractivity contribution in [2.75, 3.05) is 6.54 Å². The summed E-state index contributed by atoms with van der Waals surface area (Å²) in [5, 5.41) is 14.9. The van der Waals surface area contributed by atoms with Crippen LogP contribution in [0.4, 0.5) is 0 Å². The number of rotatable bonds is 3. The molecule has 74 valence electrons. The lowest BCUT2D eigenvalue weighted by atomic mass is 10.2. The highest BCUT2D eigenvalue weighted by Crippen LogP contribution is 2.06. The number of hydrogen-bond donors (Lipinski definition) is 1. The fourth-order valence-corrected chi connectivity index (χ4v) is 1.20. The van der Waals surface area contributed by atoms with Gasteiger partial charge in [0.05, 0.1) is 17.3 Å². The molecule has 0 radical (unpaired) electrons. The lowest BCUT2D eigenvalue weighted by molar-refractivity contribution is 0.0957. The van der Waals surface area contributed by atoms with Gasteiger partial charge in [-0.25, -0.2) is 0 Å². The van der Waals surface area contributed by atoms with Crippen LogP contribution in [-0.4, -0.2) is 22.2 Å². The largest absolute Gasteiger partial charge is 0.339 e. The van der Waals surface area contributed by atoms with Gasteiger partial charge in [0.25, 0.3) is 5.91 Å². The fourth-order valence-electron chi connectivity index (χ4n) is 1.20. The molecule has 0 aliphatic rings. The molecule has 0 aromatic carbocycles. The Morgan fingerprint density at radius 3 is 3.07 bits per heavy atom. The summed E-state index contributed by atoms with van der Waals surface area (Å²) in [7, 11) is 1.76. The summed E-state index contributed by atoms with van der Waals surface area (Å²) in [6.07, 6.45) is 2.36. The number of aromatic nitrogens is 2. The molecule has 0 unspecified atom stereocenters. The van der Waals surface area contributed by atoms with Gasteiger partial charge in [-0.05, 0) is 6.42 Å². The molecule has 0 bridgehead atoms. The summed E-state index contributed by atoms with van der Waals surface area (Å²) in [5.41, 5.74) is 1.30. The minimum atomic E-state index is -0.239. The Kier molecular flexibility index (Phi) is 3.24. The van der Waals surface area contributed by atoms with Crippen molar-refractivity contribution in [2.24, 2.45) is 7.05 Å². The highest BCUT2D eigenvalue weighted by molar-refractivity contribution is 5.95. The Bertz CT molecular complexity index is 375. The molecule has 0 atom stereocenters. The Morgan fingerprint density at radius 1 is 1.79 bits per heavy atom. The zero-order valence-corrected chi connectivity index (χ0v) is 8.24.